The third-order valence-electron chi connectivity index (χ3n) is 4.14. The zero-order valence-corrected chi connectivity index (χ0v) is 15.3. The van der Waals surface area contributed by atoms with Crippen molar-refractivity contribution in [1.82, 2.24) is 14.5 Å². The van der Waals surface area contributed by atoms with Crippen molar-refractivity contribution < 1.29 is 27.9 Å². The maximum Gasteiger partial charge on any atom is 0.325 e. The zero-order valence-electron chi connectivity index (χ0n) is 14.5. The molecule has 10 heteroatoms. The van der Waals surface area contributed by atoms with Crippen molar-refractivity contribution in [2.45, 2.75) is 24.8 Å². The Morgan fingerprint density at radius 1 is 1.15 bits per heavy atom. The molecule has 0 spiro atoms. The van der Waals surface area contributed by atoms with Crippen LogP contribution >= 0.6 is 0 Å². The highest BCUT2D eigenvalue weighted by Crippen LogP contribution is 2.19. The predicted molar refractivity (Wildman–Crippen MR) is 92.0 cm³/mol. The van der Waals surface area contributed by atoms with Crippen molar-refractivity contribution in [1.29, 1.82) is 0 Å². The van der Waals surface area contributed by atoms with Crippen LogP contribution in [-0.2, 0) is 19.6 Å². The van der Waals surface area contributed by atoms with Crippen molar-refractivity contribution in [3.05, 3.63) is 29.8 Å². The quantitative estimate of drug-likeness (QED) is 0.722. The number of carbonyl (C=O) groups excluding carboxylic acids is 2. The first-order valence-corrected chi connectivity index (χ1v) is 9.46. The lowest BCUT2D eigenvalue weighted by atomic mass is 10.2. The van der Waals surface area contributed by atoms with Gasteiger partial charge < -0.3 is 15.3 Å². The van der Waals surface area contributed by atoms with Crippen LogP contribution in [0.2, 0.25) is 0 Å². The molecule has 1 saturated heterocycles. The Balaban J connectivity index is 2.17. The van der Waals surface area contributed by atoms with E-state index in [0.717, 1.165) is 0 Å². The highest BCUT2D eigenvalue weighted by Gasteiger charge is 2.29. The average molecular weight is 383 g/mol. The SMILES string of the molecule is CC(=O)N1CCN(S(=O)(=O)c2cccc(C(=O)N[C@@H](C)C(=O)O)c2)CC1. The molecule has 1 aromatic rings. The van der Waals surface area contributed by atoms with Gasteiger partial charge in [0.15, 0.2) is 0 Å². The molecule has 0 bridgehead atoms. The molecular weight excluding hydrogens is 362 g/mol. The highest BCUT2D eigenvalue weighted by atomic mass is 32.2. The van der Waals surface area contributed by atoms with Crippen LogP contribution in [0.5, 0.6) is 0 Å². The van der Waals surface area contributed by atoms with Gasteiger partial charge in [0.25, 0.3) is 5.91 Å². The number of amides is 2. The topological polar surface area (TPSA) is 124 Å². The van der Waals surface area contributed by atoms with Gasteiger partial charge in [0.1, 0.15) is 6.04 Å². The number of carboxylic acid groups (broad SMARTS) is 1. The fraction of sp³-hybridized carbons (Fsp3) is 0.438. The van der Waals surface area contributed by atoms with Crippen LogP contribution in [0.3, 0.4) is 0 Å². The molecule has 1 aliphatic rings. The van der Waals surface area contributed by atoms with Gasteiger partial charge in [-0.3, -0.25) is 14.4 Å². The molecule has 1 aromatic carbocycles. The van der Waals surface area contributed by atoms with Crippen molar-refractivity contribution in [2.24, 2.45) is 0 Å². The Morgan fingerprint density at radius 3 is 2.31 bits per heavy atom. The van der Waals surface area contributed by atoms with Crippen LogP contribution in [-0.4, -0.2) is 72.7 Å². The third kappa shape index (κ3) is 4.38. The van der Waals surface area contributed by atoms with Crippen LogP contribution in [0.25, 0.3) is 0 Å². The Kier molecular flexibility index (Phi) is 5.98. The molecule has 2 N–H and O–H groups in total. The van der Waals surface area contributed by atoms with Crippen molar-refractivity contribution in [2.75, 3.05) is 26.2 Å². The molecule has 1 fully saturated rings. The molecule has 1 aliphatic heterocycles. The maximum absolute atomic E-state index is 12.8. The molecule has 0 saturated carbocycles. The van der Waals surface area contributed by atoms with E-state index < -0.39 is 27.9 Å². The minimum absolute atomic E-state index is 0.0515. The summed E-state index contributed by atoms with van der Waals surface area (Å²) >= 11 is 0. The molecule has 0 aliphatic carbocycles. The summed E-state index contributed by atoms with van der Waals surface area (Å²) in [6.07, 6.45) is 0. The van der Waals surface area contributed by atoms with Gasteiger partial charge in [-0.05, 0) is 25.1 Å². The minimum atomic E-state index is -3.81. The minimum Gasteiger partial charge on any atom is -0.480 e. The molecule has 9 nitrogen and oxygen atoms in total. The Bertz CT molecular complexity index is 815. The van der Waals surface area contributed by atoms with E-state index in [1.807, 2.05) is 0 Å². The van der Waals surface area contributed by atoms with Gasteiger partial charge in [0, 0.05) is 38.7 Å². The van der Waals surface area contributed by atoms with Crippen molar-refractivity contribution >= 4 is 27.8 Å². The van der Waals surface area contributed by atoms with Crippen LogP contribution < -0.4 is 5.32 Å². The smallest absolute Gasteiger partial charge is 0.325 e. The maximum atomic E-state index is 12.8. The molecule has 1 atom stereocenters. The Morgan fingerprint density at radius 2 is 1.77 bits per heavy atom. The number of carbonyl (C=O) groups is 3. The van der Waals surface area contributed by atoms with Crippen molar-refractivity contribution in [3.8, 4) is 0 Å². The fourth-order valence-corrected chi connectivity index (χ4v) is 4.00. The summed E-state index contributed by atoms with van der Waals surface area (Å²) in [6, 6.07) is 4.35. The lowest BCUT2D eigenvalue weighted by Gasteiger charge is -2.33. The lowest BCUT2D eigenvalue weighted by molar-refractivity contribution is -0.138. The number of hydrogen-bond donors (Lipinski definition) is 2. The molecule has 0 unspecified atom stereocenters. The van der Waals surface area contributed by atoms with E-state index in [4.69, 9.17) is 5.11 Å². The molecule has 142 valence electrons. The largest absolute Gasteiger partial charge is 0.480 e. The highest BCUT2D eigenvalue weighted by molar-refractivity contribution is 7.89. The first-order chi connectivity index (χ1) is 12.1. The second kappa shape index (κ2) is 7.83. The number of benzene rings is 1. The van der Waals surface area contributed by atoms with E-state index >= 15 is 0 Å². The molecule has 2 rings (SSSR count). The second-order valence-corrected chi connectivity index (χ2v) is 7.91. The average Bonchev–Trinajstić information content (AvgIpc) is 2.61. The lowest BCUT2D eigenvalue weighted by Crippen LogP contribution is -2.49. The molecule has 1 heterocycles. The van der Waals surface area contributed by atoms with E-state index in [1.165, 1.54) is 42.4 Å². The van der Waals surface area contributed by atoms with Gasteiger partial charge >= 0.3 is 5.97 Å². The number of carboxylic acids is 1. The summed E-state index contributed by atoms with van der Waals surface area (Å²) in [5, 5.41) is 11.1. The zero-order chi connectivity index (χ0) is 19.5. The van der Waals surface area contributed by atoms with E-state index in [-0.39, 0.29) is 29.5 Å². The standard InChI is InChI=1S/C16H21N3O6S/c1-11(16(22)23)17-15(21)13-4-3-5-14(10-13)26(24,25)19-8-6-18(7-9-19)12(2)20/h3-5,10-11H,6-9H2,1-2H3,(H,17,21)(H,22,23)/t11-/m0/s1. The summed E-state index contributed by atoms with van der Waals surface area (Å²) in [4.78, 5) is 35.8. The van der Waals surface area contributed by atoms with Gasteiger partial charge in [0.05, 0.1) is 4.90 Å². The van der Waals surface area contributed by atoms with Crippen molar-refractivity contribution in [3.63, 3.8) is 0 Å². The number of nitrogens with zero attached hydrogens (tertiary/aromatic N) is 2. The summed E-state index contributed by atoms with van der Waals surface area (Å²) in [5.41, 5.74) is 0.0570. The Hall–Kier alpha value is -2.46. The van der Waals surface area contributed by atoms with Gasteiger partial charge in [-0.25, -0.2) is 8.42 Å². The monoisotopic (exact) mass is 383 g/mol. The first-order valence-electron chi connectivity index (χ1n) is 8.02. The fourth-order valence-electron chi connectivity index (χ4n) is 2.53. The molecule has 26 heavy (non-hydrogen) atoms. The summed E-state index contributed by atoms with van der Waals surface area (Å²) < 4.78 is 26.8. The number of nitrogens with one attached hydrogen (secondary N) is 1. The molecular formula is C16H21N3O6S. The summed E-state index contributed by atoms with van der Waals surface area (Å²) in [6.45, 7) is 3.72. The van der Waals surface area contributed by atoms with Gasteiger partial charge in [-0.15, -0.1) is 0 Å². The van der Waals surface area contributed by atoms with Crippen LogP contribution in [0.4, 0.5) is 0 Å². The number of piperazine rings is 1. The number of aliphatic carboxylic acids is 1. The normalized spacial score (nSPS) is 16.8. The third-order valence-corrected chi connectivity index (χ3v) is 6.03. The van der Waals surface area contributed by atoms with Crippen LogP contribution in [0, 0.1) is 0 Å². The Labute approximate surface area is 151 Å². The van der Waals surface area contributed by atoms with Crippen LogP contribution in [0.1, 0.15) is 24.2 Å². The number of hydrogen-bond acceptors (Lipinski definition) is 5. The van der Waals surface area contributed by atoms with E-state index in [9.17, 15) is 22.8 Å². The predicted octanol–water partition coefficient (Wildman–Crippen LogP) is -0.258. The molecule has 0 radical (unpaired) electrons. The van der Waals surface area contributed by atoms with E-state index in [1.54, 1.807) is 4.90 Å². The summed E-state index contributed by atoms with van der Waals surface area (Å²) in [7, 11) is -3.81. The van der Waals surface area contributed by atoms with E-state index in [2.05, 4.69) is 5.32 Å². The second-order valence-electron chi connectivity index (χ2n) is 5.97. The van der Waals surface area contributed by atoms with Gasteiger partial charge in [0.2, 0.25) is 15.9 Å². The van der Waals surface area contributed by atoms with E-state index in [0.29, 0.717) is 13.1 Å². The van der Waals surface area contributed by atoms with Gasteiger partial charge in [-0.1, -0.05) is 6.07 Å². The van der Waals surface area contributed by atoms with Crippen LogP contribution in [0.15, 0.2) is 29.2 Å². The number of rotatable bonds is 5. The van der Waals surface area contributed by atoms with Gasteiger partial charge in [-0.2, -0.15) is 4.31 Å². The first kappa shape index (κ1) is 19.9. The summed E-state index contributed by atoms with van der Waals surface area (Å²) in [5.74, 6) is -1.96. The molecule has 0 aromatic heterocycles. The molecule has 2 amide bonds. The number of sulfonamides is 1.